The Balaban J connectivity index is 2.16. The van der Waals surface area contributed by atoms with Gasteiger partial charge < -0.3 is 9.52 Å². The number of aliphatic hydroxyl groups is 1. The molecule has 2 N–H and O–H groups in total. The van der Waals surface area contributed by atoms with Gasteiger partial charge in [-0.2, -0.15) is 0 Å². The van der Waals surface area contributed by atoms with Crippen LogP contribution in [0.3, 0.4) is 0 Å². The number of hydrogen-bond donors (Lipinski definition) is 2. The molecule has 1 aromatic heterocycles. The van der Waals surface area contributed by atoms with E-state index in [9.17, 15) is 8.42 Å². The van der Waals surface area contributed by atoms with Gasteiger partial charge in [0.2, 0.25) is 10.0 Å². The minimum Gasteiger partial charge on any atom is -0.450 e. The lowest BCUT2D eigenvalue weighted by Crippen LogP contribution is -2.39. The van der Waals surface area contributed by atoms with Crippen LogP contribution in [0, 0.1) is 11.8 Å². The first-order chi connectivity index (χ1) is 9.31. The summed E-state index contributed by atoms with van der Waals surface area (Å²) in [5.41, 5.74) is 0. The molecule has 2 rings (SSSR count). The van der Waals surface area contributed by atoms with Crippen molar-refractivity contribution in [3.8, 4) is 0 Å². The molecule has 7 heteroatoms. The lowest BCUT2D eigenvalue weighted by Gasteiger charge is -2.31. The summed E-state index contributed by atoms with van der Waals surface area (Å²) in [6.07, 6.45) is 2.85. The molecule has 1 heterocycles. The average Bonchev–Trinajstić information content (AvgIpc) is 2.69. The number of aliphatic hydroxyl groups excluding tert-OH is 1. The summed E-state index contributed by atoms with van der Waals surface area (Å²) < 4.78 is 32.8. The minimum atomic E-state index is -3.63. The maximum atomic E-state index is 12.4. The molecule has 0 radical (unpaired) electrons. The van der Waals surface area contributed by atoms with E-state index in [2.05, 4.69) is 34.5 Å². The van der Waals surface area contributed by atoms with Gasteiger partial charge in [-0.25, -0.2) is 13.1 Å². The second-order valence-corrected chi connectivity index (χ2v) is 8.15. The van der Waals surface area contributed by atoms with Crippen LogP contribution in [0.1, 0.15) is 38.9 Å². The van der Waals surface area contributed by atoms with E-state index in [1.54, 1.807) is 0 Å². The quantitative estimate of drug-likeness (QED) is 0.859. The predicted octanol–water partition coefficient (Wildman–Crippen LogP) is 2.64. The summed E-state index contributed by atoms with van der Waals surface area (Å²) >= 11 is 3.09. The third kappa shape index (κ3) is 3.63. The van der Waals surface area contributed by atoms with Gasteiger partial charge in [0.05, 0.1) is 0 Å². The Morgan fingerprint density at radius 2 is 1.95 bits per heavy atom. The third-order valence-corrected chi connectivity index (χ3v) is 6.03. The van der Waals surface area contributed by atoms with Crippen molar-refractivity contribution in [3.05, 3.63) is 16.5 Å². The molecule has 20 heavy (non-hydrogen) atoms. The molecule has 1 aliphatic rings. The maximum absolute atomic E-state index is 12.4. The highest BCUT2D eigenvalue weighted by atomic mass is 79.9. The van der Waals surface area contributed by atoms with Crippen molar-refractivity contribution in [2.24, 2.45) is 11.8 Å². The Bertz CT molecular complexity index is 559. The van der Waals surface area contributed by atoms with Crippen LogP contribution in [0.5, 0.6) is 0 Å². The van der Waals surface area contributed by atoms with E-state index in [1.165, 1.54) is 6.07 Å². The zero-order valence-corrected chi connectivity index (χ0v) is 14.0. The zero-order chi connectivity index (χ0) is 14.9. The molecule has 1 aromatic rings. The highest BCUT2D eigenvalue weighted by molar-refractivity contribution is 9.10. The van der Waals surface area contributed by atoms with E-state index in [-0.39, 0.29) is 28.0 Å². The van der Waals surface area contributed by atoms with Crippen LogP contribution in [-0.4, -0.2) is 19.6 Å². The number of furan rings is 1. The molecular weight excluding hydrogens is 346 g/mol. The van der Waals surface area contributed by atoms with E-state index >= 15 is 0 Å². The van der Waals surface area contributed by atoms with Gasteiger partial charge >= 0.3 is 0 Å². The molecule has 1 saturated carbocycles. The summed E-state index contributed by atoms with van der Waals surface area (Å²) in [4.78, 5) is 0.0485. The van der Waals surface area contributed by atoms with Crippen LogP contribution in [0.2, 0.25) is 0 Å². The van der Waals surface area contributed by atoms with E-state index in [0.29, 0.717) is 11.8 Å². The van der Waals surface area contributed by atoms with Crippen molar-refractivity contribution in [3.63, 3.8) is 0 Å². The zero-order valence-electron chi connectivity index (χ0n) is 11.6. The Morgan fingerprint density at radius 3 is 2.45 bits per heavy atom. The molecule has 114 valence electrons. The smallest absolute Gasteiger partial charge is 0.245 e. The minimum absolute atomic E-state index is 0.0434. The first-order valence-corrected chi connectivity index (χ1v) is 9.00. The molecule has 0 aliphatic heterocycles. The topological polar surface area (TPSA) is 79.5 Å². The average molecular weight is 366 g/mol. The summed E-state index contributed by atoms with van der Waals surface area (Å²) in [6.45, 7) is 3.97. The van der Waals surface area contributed by atoms with Crippen LogP contribution in [0.25, 0.3) is 0 Å². The predicted molar refractivity (Wildman–Crippen MR) is 78.6 cm³/mol. The SMILES string of the molecule is CC1CC(C)CC(NS(=O)(=O)c2cc(CO)oc2Br)C1. The van der Waals surface area contributed by atoms with Gasteiger partial charge in [0.15, 0.2) is 4.67 Å². The molecule has 2 unspecified atom stereocenters. The standard InChI is InChI=1S/C13H20BrNO4S/c1-8-3-9(2)5-10(4-8)15-20(17,18)12-6-11(7-16)19-13(12)14/h6,8-10,15-16H,3-5,7H2,1-2H3. The normalized spacial score (nSPS) is 27.7. The first-order valence-electron chi connectivity index (χ1n) is 6.73. The Kier molecular flexibility index (Phi) is 4.94. The van der Waals surface area contributed by atoms with Crippen molar-refractivity contribution < 1.29 is 17.9 Å². The molecule has 1 fully saturated rings. The molecule has 0 aromatic carbocycles. The van der Waals surface area contributed by atoms with Crippen molar-refractivity contribution in [2.45, 2.75) is 50.7 Å². The Hall–Kier alpha value is -0.370. The number of sulfonamides is 1. The number of nitrogens with one attached hydrogen (secondary N) is 1. The summed E-state index contributed by atoms with van der Waals surface area (Å²) in [5, 5.41) is 9.00. The van der Waals surface area contributed by atoms with E-state index in [1.807, 2.05) is 0 Å². The van der Waals surface area contributed by atoms with Gasteiger partial charge in [-0.3, -0.25) is 0 Å². The van der Waals surface area contributed by atoms with Crippen LogP contribution in [-0.2, 0) is 16.6 Å². The lowest BCUT2D eigenvalue weighted by atomic mass is 9.81. The second-order valence-electron chi connectivity index (χ2n) is 5.74. The van der Waals surface area contributed by atoms with Crippen molar-refractivity contribution in [1.29, 1.82) is 0 Å². The molecule has 0 amide bonds. The highest BCUT2D eigenvalue weighted by Gasteiger charge is 2.30. The fraction of sp³-hybridized carbons (Fsp3) is 0.692. The van der Waals surface area contributed by atoms with Gasteiger partial charge in [-0.1, -0.05) is 13.8 Å². The molecule has 5 nitrogen and oxygen atoms in total. The van der Waals surface area contributed by atoms with Crippen molar-refractivity contribution in [2.75, 3.05) is 0 Å². The number of rotatable bonds is 4. The Labute approximate surface area is 127 Å². The maximum Gasteiger partial charge on any atom is 0.245 e. The first kappa shape index (κ1) is 16.0. The molecule has 0 bridgehead atoms. The van der Waals surface area contributed by atoms with Crippen LogP contribution in [0.15, 0.2) is 20.0 Å². The molecule has 0 saturated heterocycles. The highest BCUT2D eigenvalue weighted by Crippen LogP contribution is 2.31. The second kappa shape index (κ2) is 6.17. The van der Waals surface area contributed by atoms with Crippen molar-refractivity contribution in [1.82, 2.24) is 4.72 Å². The fourth-order valence-electron chi connectivity index (χ4n) is 2.99. The molecular formula is C13H20BrNO4S. The van der Waals surface area contributed by atoms with Gasteiger partial charge in [0.25, 0.3) is 0 Å². The number of halogens is 1. The summed E-state index contributed by atoms with van der Waals surface area (Å²) in [5.74, 6) is 1.27. The Morgan fingerprint density at radius 1 is 1.35 bits per heavy atom. The van der Waals surface area contributed by atoms with E-state index in [4.69, 9.17) is 9.52 Å². The third-order valence-electron chi connectivity index (χ3n) is 3.65. The van der Waals surface area contributed by atoms with E-state index in [0.717, 1.165) is 19.3 Å². The molecule has 2 atom stereocenters. The summed E-state index contributed by atoms with van der Waals surface area (Å²) in [6, 6.07) is 1.31. The largest absolute Gasteiger partial charge is 0.450 e. The van der Waals surface area contributed by atoms with Crippen LogP contribution in [0.4, 0.5) is 0 Å². The van der Waals surface area contributed by atoms with Gasteiger partial charge in [-0.15, -0.1) is 0 Å². The van der Waals surface area contributed by atoms with Crippen LogP contribution >= 0.6 is 15.9 Å². The number of hydrogen-bond acceptors (Lipinski definition) is 4. The van der Waals surface area contributed by atoms with Gasteiger partial charge in [0, 0.05) is 12.1 Å². The van der Waals surface area contributed by atoms with Gasteiger partial charge in [0.1, 0.15) is 17.3 Å². The van der Waals surface area contributed by atoms with Crippen LogP contribution < -0.4 is 4.72 Å². The monoisotopic (exact) mass is 365 g/mol. The lowest BCUT2D eigenvalue weighted by molar-refractivity contribution is 0.245. The van der Waals surface area contributed by atoms with Gasteiger partial charge in [-0.05, 0) is 47.0 Å². The summed E-state index contributed by atoms with van der Waals surface area (Å²) in [7, 11) is -3.63. The van der Waals surface area contributed by atoms with Crippen molar-refractivity contribution >= 4 is 26.0 Å². The fourth-order valence-corrected chi connectivity index (χ4v) is 5.24. The van der Waals surface area contributed by atoms with E-state index < -0.39 is 10.0 Å². The molecule has 1 aliphatic carbocycles. The molecule has 0 spiro atoms.